The van der Waals surface area contributed by atoms with E-state index in [4.69, 9.17) is 25.5 Å². The Hall–Kier alpha value is -2.67. The van der Waals surface area contributed by atoms with Crippen LogP contribution in [-0.2, 0) is 4.74 Å². The Morgan fingerprint density at radius 3 is 2.41 bits per heavy atom. The summed E-state index contributed by atoms with van der Waals surface area (Å²) >= 11 is 5.89. The lowest BCUT2D eigenvalue weighted by molar-refractivity contribution is 0.0568. The highest BCUT2D eigenvalue weighted by Gasteiger charge is 2.29. The number of carbonyl (C=O) groups is 2. The lowest BCUT2D eigenvalue weighted by atomic mass is 10.1. The van der Waals surface area contributed by atoms with E-state index in [-0.39, 0.29) is 17.8 Å². The summed E-state index contributed by atoms with van der Waals surface area (Å²) < 4.78 is 16.5. The van der Waals surface area contributed by atoms with Gasteiger partial charge in [0.25, 0.3) is 5.91 Å². The molecule has 1 saturated heterocycles. The molecule has 2 heterocycles. The minimum absolute atomic E-state index is 0.0242. The number of likely N-dealkylation sites (tertiary alicyclic amines) is 1. The number of furan rings is 1. The number of hydrogen-bond acceptors (Lipinski definition) is 5. The number of amides is 2. The molecule has 0 unspecified atom stereocenters. The van der Waals surface area contributed by atoms with Crippen LogP contribution < -0.4 is 10.1 Å². The van der Waals surface area contributed by atoms with Crippen LogP contribution in [0.1, 0.15) is 44.2 Å². The van der Waals surface area contributed by atoms with Crippen molar-refractivity contribution in [2.75, 3.05) is 18.4 Å². The molecule has 8 heteroatoms. The number of rotatable bonds is 4. The molecule has 1 aromatic heterocycles. The molecule has 1 fully saturated rings. The van der Waals surface area contributed by atoms with Crippen molar-refractivity contribution in [1.82, 2.24) is 4.90 Å². The van der Waals surface area contributed by atoms with Crippen LogP contribution in [-0.4, -0.2) is 41.7 Å². The van der Waals surface area contributed by atoms with E-state index in [0.717, 1.165) is 5.75 Å². The van der Waals surface area contributed by atoms with E-state index in [2.05, 4.69) is 5.32 Å². The van der Waals surface area contributed by atoms with Crippen molar-refractivity contribution in [2.24, 2.45) is 0 Å². The molecule has 1 aromatic carbocycles. The fourth-order valence-corrected chi connectivity index (χ4v) is 3.14. The number of nitrogens with one attached hydrogen (secondary N) is 1. The van der Waals surface area contributed by atoms with Crippen LogP contribution in [0.5, 0.6) is 5.75 Å². The van der Waals surface area contributed by atoms with Crippen LogP contribution in [0.4, 0.5) is 10.5 Å². The molecule has 0 radical (unpaired) electrons. The predicted octanol–water partition coefficient (Wildman–Crippen LogP) is 4.96. The van der Waals surface area contributed by atoms with Crippen molar-refractivity contribution >= 4 is 29.3 Å². The fraction of sp³-hybridized carbons (Fsp3) is 0.429. The van der Waals surface area contributed by atoms with Gasteiger partial charge in [-0.25, -0.2) is 4.79 Å². The Morgan fingerprint density at radius 2 is 1.79 bits per heavy atom. The highest BCUT2D eigenvalue weighted by atomic mass is 35.5. The summed E-state index contributed by atoms with van der Waals surface area (Å²) in [5.41, 5.74) is -0.340. The molecule has 156 valence electrons. The second kappa shape index (κ2) is 8.78. The minimum Gasteiger partial charge on any atom is -0.490 e. The van der Waals surface area contributed by atoms with E-state index in [0.29, 0.717) is 36.6 Å². The highest BCUT2D eigenvalue weighted by Crippen LogP contribution is 2.24. The highest BCUT2D eigenvalue weighted by molar-refractivity contribution is 6.30. The molecule has 0 saturated carbocycles. The molecule has 3 rings (SSSR count). The van der Waals surface area contributed by atoms with Gasteiger partial charge in [0, 0.05) is 37.0 Å². The van der Waals surface area contributed by atoms with Gasteiger partial charge in [-0.05, 0) is 45.0 Å². The number of benzene rings is 1. The number of nitrogens with zero attached hydrogens (tertiary/aromatic N) is 1. The first-order valence-electron chi connectivity index (χ1n) is 9.50. The molecule has 0 aliphatic carbocycles. The zero-order chi connectivity index (χ0) is 21.0. The third kappa shape index (κ3) is 5.90. The number of hydrogen-bond donors (Lipinski definition) is 1. The van der Waals surface area contributed by atoms with E-state index in [1.165, 1.54) is 12.3 Å². The topological polar surface area (TPSA) is 81.0 Å². The van der Waals surface area contributed by atoms with Gasteiger partial charge >= 0.3 is 6.09 Å². The molecule has 29 heavy (non-hydrogen) atoms. The lowest BCUT2D eigenvalue weighted by Crippen LogP contribution is -2.42. The second-order valence-corrected chi connectivity index (χ2v) is 8.29. The quantitative estimate of drug-likeness (QED) is 0.755. The zero-order valence-corrected chi connectivity index (χ0v) is 17.5. The normalized spacial score (nSPS) is 15.1. The predicted molar refractivity (Wildman–Crippen MR) is 110 cm³/mol. The summed E-state index contributed by atoms with van der Waals surface area (Å²) in [6, 6.07) is 8.76. The van der Waals surface area contributed by atoms with E-state index in [1.54, 1.807) is 37.8 Å². The van der Waals surface area contributed by atoms with Crippen LogP contribution in [0.25, 0.3) is 0 Å². The molecular formula is C21H25ClN2O5. The van der Waals surface area contributed by atoms with Gasteiger partial charge in [0.2, 0.25) is 5.76 Å². The molecule has 0 atom stereocenters. The molecular weight excluding hydrogens is 396 g/mol. The van der Waals surface area contributed by atoms with Gasteiger partial charge < -0.3 is 18.8 Å². The van der Waals surface area contributed by atoms with E-state index in [1.807, 2.05) is 12.1 Å². The molecule has 0 spiro atoms. The van der Waals surface area contributed by atoms with Gasteiger partial charge in [0.15, 0.2) is 0 Å². The maximum absolute atomic E-state index is 12.8. The zero-order valence-electron chi connectivity index (χ0n) is 16.7. The number of ether oxygens (including phenoxy) is 2. The number of anilines is 1. The Labute approximate surface area is 174 Å². The molecule has 1 aliphatic rings. The monoisotopic (exact) mass is 420 g/mol. The summed E-state index contributed by atoms with van der Waals surface area (Å²) in [6.45, 7) is 6.37. The first kappa shape index (κ1) is 21.0. The van der Waals surface area contributed by atoms with Crippen molar-refractivity contribution in [2.45, 2.75) is 45.3 Å². The Balaban J connectivity index is 1.55. The Morgan fingerprint density at radius 1 is 1.14 bits per heavy atom. The molecule has 7 nitrogen and oxygen atoms in total. The molecule has 1 N–H and O–H groups in total. The summed E-state index contributed by atoms with van der Waals surface area (Å²) in [5, 5.41) is 3.23. The standard InChI is InChI=1S/C21H25ClN2O5/c1-21(2,3)29-20(26)23-17-10-13-27-18(17)19(25)24-11-8-16(9-12-24)28-15-6-4-14(22)5-7-15/h4-7,10,13,16H,8-9,11-12H2,1-3H3,(H,23,26). The number of halogens is 1. The van der Waals surface area contributed by atoms with Crippen molar-refractivity contribution in [3.05, 3.63) is 47.4 Å². The number of piperidine rings is 1. The largest absolute Gasteiger partial charge is 0.490 e. The average Bonchev–Trinajstić information content (AvgIpc) is 3.10. The van der Waals surface area contributed by atoms with Crippen molar-refractivity contribution in [1.29, 1.82) is 0 Å². The van der Waals surface area contributed by atoms with Crippen molar-refractivity contribution < 1.29 is 23.5 Å². The third-order valence-electron chi connectivity index (χ3n) is 4.34. The Kier molecular flexibility index (Phi) is 6.37. The van der Waals surface area contributed by atoms with Crippen LogP contribution in [0.2, 0.25) is 5.02 Å². The molecule has 2 amide bonds. The Bertz CT molecular complexity index is 849. The van der Waals surface area contributed by atoms with Crippen LogP contribution in [0.3, 0.4) is 0 Å². The fourth-order valence-electron chi connectivity index (χ4n) is 3.01. The first-order chi connectivity index (χ1) is 13.7. The SMILES string of the molecule is CC(C)(C)OC(=O)Nc1ccoc1C(=O)N1CCC(Oc2ccc(Cl)cc2)CC1. The van der Waals surface area contributed by atoms with Gasteiger partial charge in [0.1, 0.15) is 17.5 Å². The molecule has 2 aromatic rings. The third-order valence-corrected chi connectivity index (χ3v) is 4.59. The van der Waals surface area contributed by atoms with Crippen LogP contribution in [0.15, 0.2) is 41.0 Å². The van der Waals surface area contributed by atoms with Gasteiger partial charge in [-0.2, -0.15) is 0 Å². The van der Waals surface area contributed by atoms with Crippen molar-refractivity contribution in [3.8, 4) is 5.75 Å². The van der Waals surface area contributed by atoms with E-state index in [9.17, 15) is 9.59 Å². The maximum Gasteiger partial charge on any atom is 0.412 e. The van der Waals surface area contributed by atoms with Gasteiger partial charge in [-0.3, -0.25) is 10.1 Å². The smallest absolute Gasteiger partial charge is 0.412 e. The summed E-state index contributed by atoms with van der Waals surface area (Å²) in [7, 11) is 0. The van der Waals surface area contributed by atoms with Crippen LogP contribution >= 0.6 is 11.6 Å². The summed E-state index contributed by atoms with van der Waals surface area (Å²) in [4.78, 5) is 26.5. The number of carbonyl (C=O) groups excluding carboxylic acids is 2. The summed E-state index contributed by atoms with van der Waals surface area (Å²) in [5.74, 6) is 0.577. The van der Waals surface area contributed by atoms with Gasteiger partial charge in [-0.15, -0.1) is 0 Å². The first-order valence-corrected chi connectivity index (χ1v) is 9.88. The maximum atomic E-state index is 12.8. The minimum atomic E-state index is -0.636. The van der Waals surface area contributed by atoms with Gasteiger partial charge in [0.05, 0.1) is 12.0 Å². The lowest BCUT2D eigenvalue weighted by Gasteiger charge is -2.31. The molecule has 1 aliphatic heterocycles. The van der Waals surface area contributed by atoms with Gasteiger partial charge in [-0.1, -0.05) is 11.6 Å². The van der Waals surface area contributed by atoms with Crippen LogP contribution in [0, 0.1) is 0 Å². The summed E-state index contributed by atoms with van der Waals surface area (Å²) in [6.07, 6.45) is 2.16. The van der Waals surface area contributed by atoms with E-state index >= 15 is 0 Å². The average molecular weight is 421 g/mol. The second-order valence-electron chi connectivity index (χ2n) is 7.85. The van der Waals surface area contributed by atoms with Crippen molar-refractivity contribution in [3.63, 3.8) is 0 Å². The van der Waals surface area contributed by atoms with E-state index < -0.39 is 11.7 Å². The molecule has 0 bridgehead atoms.